The molecule has 0 amide bonds. The summed E-state index contributed by atoms with van der Waals surface area (Å²) in [5.74, 6) is 0.687. The van der Waals surface area contributed by atoms with Crippen LogP contribution in [0.15, 0.2) is 24.5 Å². The number of nitrogens with one attached hydrogen (secondary N) is 2. The molecule has 1 unspecified atom stereocenters. The summed E-state index contributed by atoms with van der Waals surface area (Å²) in [5, 5.41) is 4.32. The summed E-state index contributed by atoms with van der Waals surface area (Å²) < 4.78 is 61.6. The molecule has 0 saturated carbocycles. The minimum absolute atomic E-state index is 0.0667. The number of hydrogen-bond donors (Lipinski definition) is 2. The number of benzene rings is 1. The van der Waals surface area contributed by atoms with E-state index in [0.717, 1.165) is 64.4 Å². The van der Waals surface area contributed by atoms with Gasteiger partial charge in [-0.25, -0.2) is 9.97 Å². The quantitative estimate of drug-likeness (QED) is 0.388. The number of aromatic amines is 1. The lowest BCUT2D eigenvalue weighted by Crippen LogP contribution is -2.42. The standard InChI is InChI=1S/C26H33F3N5O2P/c1-37(2,35)24-21-10-9-18-19(14-30-23(18)24)22-20(26(27,28)29)15-31-25(33-22)32-17-8-7-12-34(16-17)11-5-3-4-6-13-36-21/h9-10,14-15,17,30H,3-8,11-13,16H2,1-2H3,(H,31,32,33)/t17-/m0/s1. The summed E-state index contributed by atoms with van der Waals surface area (Å²) in [6, 6.07) is 3.50. The highest BCUT2D eigenvalue weighted by atomic mass is 31.2. The molecule has 1 fully saturated rings. The number of nitrogens with zero attached hydrogens (tertiary/aromatic N) is 3. The van der Waals surface area contributed by atoms with Crippen molar-refractivity contribution < 1.29 is 22.5 Å². The summed E-state index contributed by atoms with van der Waals surface area (Å²) in [6.45, 7) is 6.60. The Balaban J connectivity index is 1.65. The first-order valence-electron chi connectivity index (χ1n) is 12.9. The van der Waals surface area contributed by atoms with Gasteiger partial charge in [-0.3, -0.25) is 0 Å². The number of piperidine rings is 1. The topological polar surface area (TPSA) is 83.1 Å². The van der Waals surface area contributed by atoms with Crippen LogP contribution in [0.25, 0.3) is 22.2 Å². The van der Waals surface area contributed by atoms with E-state index in [2.05, 4.69) is 25.2 Å². The van der Waals surface area contributed by atoms with Crippen molar-refractivity contribution in [1.29, 1.82) is 0 Å². The molecule has 3 aliphatic rings. The van der Waals surface area contributed by atoms with Gasteiger partial charge in [0.1, 0.15) is 18.5 Å². The van der Waals surface area contributed by atoms with Crippen LogP contribution in [0.5, 0.6) is 5.75 Å². The smallest absolute Gasteiger partial charge is 0.419 e. The molecule has 0 radical (unpaired) electrons. The van der Waals surface area contributed by atoms with Crippen LogP contribution in [-0.2, 0) is 10.7 Å². The van der Waals surface area contributed by atoms with Crippen molar-refractivity contribution in [3.63, 3.8) is 0 Å². The molecule has 2 N–H and O–H groups in total. The van der Waals surface area contributed by atoms with Gasteiger partial charge in [-0.05, 0) is 64.2 Å². The number of ether oxygens (including phenoxy) is 1. The highest BCUT2D eigenvalue weighted by Gasteiger charge is 2.37. The molecule has 1 aromatic carbocycles. The molecule has 1 saturated heterocycles. The van der Waals surface area contributed by atoms with Crippen LogP contribution in [0.3, 0.4) is 0 Å². The van der Waals surface area contributed by atoms with Gasteiger partial charge in [0.05, 0.1) is 23.1 Å². The Morgan fingerprint density at radius 3 is 2.68 bits per heavy atom. The average molecular weight is 536 g/mol. The molecule has 8 bridgehead atoms. The van der Waals surface area contributed by atoms with Gasteiger partial charge in [0.15, 0.2) is 0 Å². The maximum atomic E-state index is 14.1. The number of rotatable bonds is 1. The van der Waals surface area contributed by atoms with Gasteiger partial charge in [-0.2, -0.15) is 13.2 Å². The van der Waals surface area contributed by atoms with Gasteiger partial charge in [0.2, 0.25) is 5.95 Å². The minimum Gasteiger partial charge on any atom is -0.493 e. The fourth-order valence-electron chi connectivity index (χ4n) is 5.41. The lowest BCUT2D eigenvalue weighted by molar-refractivity contribution is -0.137. The van der Waals surface area contributed by atoms with Crippen molar-refractivity contribution in [2.24, 2.45) is 0 Å². The molecule has 200 valence electrons. The van der Waals surface area contributed by atoms with Crippen LogP contribution >= 0.6 is 7.14 Å². The molecule has 2 atom stereocenters. The van der Waals surface area contributed by atoms with E-state index in [4.69, 9.17) is 4.74 Å². The molecular weight excluding hydrogens is 502 g/mol. The first-order chi connectivity index (χ1) is 17.6. The third-order valence-electron chi connectivity index (χ3n) is 7.14. The zero-order chi connectivity index (χ0) is 26.2. The number of aromatic nitrogens is 3. The van der Waals surface area contributed by atoms with Crippen LogP contribution < -0.4 is 15.4 Å². The summed E-state index contributed by atoms with van der Waals surface area (Å²) in [7, 11) is -2.84. The van der Waals surface area contributed by atoms with Crippen molar-refractivity contribution in [2.75, 3.05) is 44.9 Å². The Labute approximate surface area is 214 Å². The fraction of sp³-hybridized carbons (Fsp3) is 0.538. The summed E-state index contributed by atoms with van der Waals surface area (Å²) in [4.78, 5) is 13.9. The molecule has 11 heteroatoms. The van der Waals surface area contributed by atoms with E-state index in [1.165, 1.54) is 6.20 Å². The van der Waals surface area contributed by atoms with Gasteiger partial charge in [0, 0.05) is 35.9 Å². The predicted molar refractivity (Wildman–Crippen MR) is 140 cm³/mol. The van der Waals surface area contributed by atoms with Crippen LogP contribution in [-0.4, -0.2) is 65.5 Å². The number of H-pyrrole nitrogens is 1. The van der Waals surface area contributed by atoms with Gasteiger partial charge in [-0.15, -0.1) is 0 Å². The molecule has 0 aliphatic carbocycles. The zero-order valence-electron chi connectivity index (χ0n) is 21.2. The second kappa shape index (κ2) is 10.3. The first-order valence-corrected chi connectivity index (χ1v) is 15.5. The molecule has 6 rings (SSSR count). The SMILES string of the molecule is CP(C)(=O)c1c2ccc3c(c[nH]c13)-c1nc(ncc1C(F)(F)F)N[C@H]1CCCN(CCCCCCO2)C1. The molecule has 3 aromatic rings. The highest BCUT2D eigenvalue weighted by Crippen LogP contribution is 2.44. The van der Waals surface area contributed by atoms with E-state index in [1.54, 1.807) is 25.5 Å². The number of anilines is 1. The number of alkyl halides is 3. The average Bonchev–Trinajstić information content (AvgIpc) is 3.25. The second-order valence-corrected chi connectivity index (χ2v) is 13.5. The molecule has 7 nitrogen and oxygen atoms in total. The van der Waals surface area contributed by atoms with Crippen molar-refractivity contribution in [3.8, 4) is 17.0 Å². The van der Waals surface area contributed by atoms with Crippen LogP contribution in [0, 0.1) is 0 Å². The van der Waals surface area contributed by atoms with E-state index in [-0.39, 0.29) is 23.2 Å². The maximum Gasteiger partial charge on any atom is 0.419 e. The minimum atomic E-state index is -4.63. The number of hydrogen-bond acceptors (Lipinski definition) is 6. The Kier molecular flexibility index (Phi) is 7.24. The number of fused-ring (bicyclic) bond motifs is 7. The van der Waals surface area contributed by atoms with Crippen LogP contribution in [0.1, 0.15) is 44.1 Å². The van der Waals surface area contributed by atoms with Crippen molar-refractivity contribution >= 4 is 29.3 Å². The molecule has 3 aliphatic heterocycles. The summed E-state index contributed by atoms with van der Waals surface area (Å²) in [6.07, 6.45) is 3.75. The van der Waals surface area contributed by atoms with Crippen molar-refractivity contribution in [3.05, 3.63) is 30.1 Å². The Morgan fingerprint density at radius 1 is 1.11 bits per heavy atom. The van der Waals surface area contributed by atoms with Gasteiger partial charge in [-0.1, -0.05) is 12.8 Å². The van der Waals surface area contributed by atoms with Crippen LogP contribution in [0.2, 0.25) is 0 Å². The molecule has 0 spiro atoms. The normalized spacial score (nSPS) is 21.6. The molecular formula is C26H33F3N5O2P. The van der Waals surface area contributed by atoms with E-state index < -0.39 is 18.9 Å². The van der Waals surface area contributed by atoms with Gasteiger partial charge < -0.3 is 24.5 Å². The Morgan fingerprint density at radius 2 is 1.89 bits per heavy atom. The van der Waals surface area contributed by atoms with E-state index in [9.17, 15) is 17.7 Å². The van der Waals surface area contributed by atoms with Crippen molar-refractivity contribution in [1.82, 2.24) is 19.9 Å². The predicted octanol–water partition coefficient (Wildman–Crippen LogP) is 5.72. The van der Waals surface area contributed by atoms with Gasteiger partial charge >= 0.3 is 6.18 Å². The Hall–Kier alpha value is -2.58. The largest absolute Gasteiger partial charge is 0.493 e. The first kappa shape index (κ1) is 26.0. The maximum absolute atomic E-state index is 14.1. The summed E-state index contributed by atoms with van der Waals surface area (Å²) >= 11 is 0. The fourth-order valence-corrected chi connectivity index (χ4v) is 6.80. The zero-order valence-corrected chi connectivity index (χ0v) is 22.1. The Bertz CT molecular complexity index is 1320. The third kappa shape index (κ3) is 5.65. The third-order valence-corrected chi connectivity index (χ3v) is 8.67. The van der Waals surface area contributed by atoms with Crippen molar-refractivity contribution in [2.45, 2.75) is 50.7 Å². The van der Waals surface area contributed by atoms with Crippen LogP contribution in [0.4, 0.5) is 19.1 Å². The summed E-state index contributed by atoms with van der Waals surface area (Å²) in [5.41, 5.74) is -0.309. The molecule has 37 heavy (non-hydrogen) atoms. The highest BCUT2D eigenvalue weighted by molar-refractivity contribution is 7.70. The monoisotopic (exact) mass is 535 g/mol. The molecule has 2 aromatic heterocycles. The van der Waals surface area contributed by atoms with E-state index >= 15 is 0 Å². The second-order valence-electron chi connectivity index (χ2n) is 10.4. The van der Waals surface area contributed by atoms with E-state index in [0.29, 0.717) is 28.6 Å². The number of halogens is 3. The lowest BCUT2D eigenvalue weighted by atomic mass is 10.0. The molecule has 5 heterocycles. The lowest BCUT2D eigenvalue weighted by Gasteiger charge is -2.33. The van der Waals surface area contributed by atoms with Gasteiger partial charge in [0.25, 0.3) is 0 Å². The van der Waals surface area contributed by atoms with E-state index in [1.807, 2.05) is 0 Å².